The SMILES string of the molecule is CC(=O)c1c(C)oc(C)c1C. The summed E-state index contributed by atoms with van der Waals surface area (Å²) in [5, 5.41) is 0. The number of Topliss-reactive ketones (excluding diaryl/α,β-unsaturated/α-hetero) is 1. The van der Waals surface area contributed by atoms with Gasteiger partial charge < -0.3 is 4.42 Å². The van der Waals surface area contributed by atoms with Crippen molar-refractivity contribution >= 4 is 5.78 Å². The summed E-state index contributed by atoms with van der Waals surface area (Å²) in [4.78, 5) is 11.0. The fourth-order valence-electron chi connectivity index (χ4n) is 1.31. The van der Waals surface area contributed by atoms with E-state index in [0.717, 1.165) is 22.6 Å². The van der Waals surface area contributed by atoms with Crippen molar-refractivity contribution in [3.05, 3.63) is 22.6 Å². The predicted molar refractivity (Wildman–Crippen MR) is 42.9 cm³/mol. The van der Waals surface area contributed by atoms with Gasteiger partial charge in [-0.1, -0.05) is 0 Å². The Kier molecular flexibility index (Phi) is 1.85. The highest BCUT2D eigenvalue weighted by molar-refractivity contribution is 5.96. The van der Waals surface area contributed by atoms with Gasteiger partial charge in [-0.05, 0) is 27.7 Å². The van der Waals surface area contributed by atoms with Gasteiger partial charge in [0.2, 0.25) is 0 Å². The van der Waals surface area contributed by atoms with Crippen molar-refractivity contribution in [3.8, 4) is 0 Å². The third-order valence-electron chi connectivity index (χ3n) is 1.91. The van der Waals surface area contributed by atoms with Gasteiger partial charge in [-0.3, -0.25) is 4.79 Å². The van der Waals surface area contributed by atoms with Gasteiger partial charge in [-0.25, -0.2) is 0 Å². The Labute approximate surface area is 66.2 Å². The van der Waals surface area contributed by atoms with Gasteiger partial charge >= 0.3 is 0 Å². The number of furan rings is 1. The van der Waals surface area contributed by atoms with Crippen LogP contribution in [0.25, 0.3) is 0 Å². The minimum atomic E-state index is 0.0804. The summed E-state index contributed by atoms with van der Waals surface area (Å²) in [6.45, 7) is 7.15. The van der Waals surface area contributed by atoms with Crippen molar-refractivity contribution in [2.75, 3.05) is 0 Å². The fourth-order valence-corrected chi connectivity index (χ4v) is 1.31. The molecule has 0 amide bonds. The summed E-state index contributed by atoms with van der Waals surface area (Å²) in [6, 6.07) is 0. The van der Waals surface area contributed by atoms with Crippen molar-refractivity contribution in [2.45, 2.75) is 27.7 Å². The molecule has 0 fully saturated rings. The number of hydrogen-bond acceptors (Lipinski definition) is 2. The molecule has 0 unspecified atom stereocenters. The summed E-state index contributed by atoms with van der Waals surface area (Å²) in [7, 11) is 0. The van der Waals surface area contributed by atoms with E-state index in [9.17, 15) is 4.79 Å². The van der Waals surface area contributed by atoms with Crippen LogP contribution in [-0.4, -0.2) is 5.78 Å². The maximum atomic E-state index is 11.0. The Morgan fingerprint density at radius 2 is 1.73 bits per heavy atom. The number of carbonyl (C=O) groups is 1. The van der Waals surface area contributed by atoms with E-state index in [1.54, 1.807) is 6.92 Å². The van der Waals surface area contributed by atoms with Crippen LogP contribution in [0.3, 0.4) is 0 Å². The first kappa shape index (κ1) is 8.05. The Morgan fingerprint density at radius 1 is 1.18 bits per heavy atom. The minimum Gasteiger partial charge on any atom is -0.466 e. The Balaban J connectivity index is 3.34. The van der Waals surface area contributed by atoms with Crippen LogP contribution in [0, 0.1) is 20.8 Å². The van der Waals surface area contributed by atoms with Gasteiger partial charge in [-0.15, -0.1) is 0 Å². The molecule has 0 radical (unpaired) electrons. The van der Waals surface area contributed by atoms with E-state index in [1.807, 2.05) is 20.8 Å². The first-order valence-electron chi connectivity index (χ1n) is 3.61. The highest BCUT2D eigenvalue weighted by Crippen LogP contribution is 2.20. The molecule has 0 N–H and O–H groups in total. The quantitative estimate of drug-likeness (QED) is 0.578. The summed E-state index contributed by atoms with van der Waals surface area (Å²) in [6.07, 6.45) is 0. The Morgan fingerprint density at radius 3 is 1.91 bits per heavy atom. The lowest BCUT2D eigenvalue weighted by Crippen LogP contribution is -1.94. The molecule has 60 valence electrons. The fraction of sp³-hybridized carbons (Fsp3) is 0.444. The zero-order valence-corrected chi connectivity index (χ0v) is 7.32. The largest absolute Gasteiger partial charge is 0.466 e. The summed E-state index contributed by atoms with van der Waals surface area (Å²) >= 11 is 0. The van der Waals surface area contributed by atoms with Gasteiger partial charge in [0.05, 0.1) is 5.56 Å². The second-order valence-corrected chi connectivity index (χ2v) is 2.77. The van der Waals surface area contributed by atoms with Crippen molar-refractivity contribution < 1.29 is 9.21 Å². The van der Waals surface area contributed by atoms with Gasteiger partial charge in [-0.2, -0.15) is 0 Å². The topological polar surface area (TPSA) is 30.2 Å². The molecule has 0 aromatic carbocycles. The second kappa shape index (κ2) is 2.53. The van der Waals surface area contributed by atoms with E-state index >= 15 is 0 Å². The molecule has 1 heterocycles. The van der Waals surface area contributed by atoms with Crippen LogP contribution in [-0.2, 0) is 0 Å². The zero-order chi connectivity index (χ0) is 8.59. The van der Waals surface area contributed by atoms with Gasteiger partial charge in [0, 0.05) is 5.56 Å². The predicted octanol–water partition coefficient (Wildman–Crippen LogP) is 2.41. The molecule has 2 heteroatoms. The Hall–Kier alpha value is -1.05. The van der Waals surface area contributed by atoms with E-state index in [0.29, 0.717) is 0 Å². The van der Waals surface area contributed by atoms with Crippen molar-refractivity contribution in [3.63, 3.8) is 0 Å². The molecule has 0 spiro atoms. The molecule has 1 rings (SSSR count). The highest BCUT2D eigenvalue weighted by Gasteiger charge is 2.13. The molecule has 0 aliphatic carbocycles. The molecule has 1 aromatic rings. The number of ketones is 1. The van der Waals surface area contributed by atoms with Gasteiger partial charge in [0.1, 0.15) is 11.5 Å². The molecular weight excluding hydrogens is 140 g/mol. The molecule has 11 heavy (non-hydrogen) atoms. The molecule has 0 saturated carbocycles. The average molecular weight is 152 g/mol. The second-order valence-electron chi connectivity index (χ2n) is 2.77. The van der Waals surface area contributed by atoms with Crippen molar-refractivity contribution in [1.82, 2.24) is 0 Å². The van der Waals surface area contributed by atoms with E-state index in [-0.39, 0.29) is 5.78 Å². The van der Waals surface area contributed by atoms with Crippen LogP contribution in [0.15, 0.2) is 4.42 Å². The van der Waals surface area contributed by atoms with Crippen LogP contribution in [0.2, 0.25) is 0 Å². The van der Waals surface area contributed by atoms with Crippen LogP contribution in [0.1, 0.15) is 34.4 Å². The van der Waals surface area contributed by atoms with Crippen molar-refractivity contribution in [1.29, 1.82) is 0 Å². The molecule has 0 bridgehead atoms. The van der Waals surface area contributed by atoms with Crippen LogP contribution < -0.4 is 0 Å². The average Bonchev–Trinajstić information content (AvgIpc) is 2.07. The van der Waals surface area contributed by atoms with Crippen LogP contribution >= 0.6 is 0 Å². The van der Waals surface area contributed by atoms with Gasteiger partial charge in [0.25, 0.3) is 0 Å². The molecule has 0 aliphatic rings. The van der Waals surface area contributed by atoms with E-state index in [4.69, 9.17) is 4.42 Å². The maximum Gasteiger partial charge on any atom is 0.163 e. The zero-order valence-electron chi connectivity index (χ0n) is 7.32. The molecule has 0 aliphatic heterocycles. The minimum absolute atomic E-state index is 0.0804. The first-order valence-corrected chi connectivity index (χ1v) is 3.61. The normalized spacial score (nSPS) is 10.2. The molecule has 0 saturated heterocycles. The molecule has 0 atom stereocenters. The summed E-state index contributed by atoms with van der Waals surface area (Å²) in [5.74, 6) is 1.65. The lowest BCUT2D eigenvalue weighted by molar-refractivity contribution is 0.101. The monoisotopic (exact) mass is 152 g/mol. The lowest BCUT2D eigenvalue weighted by atomic mass is 10.1. The third-order valence-corrected chi connectivity index (χ3v) is 1.91. The van der Waals surface area contributed by atoms with E-state index in [2.05, 4.69) is 0 Å². The van der Waals surface area contributed by atoms with Crippen LogP contribution in [0.5, 0.6) is 0 Å². The molecule has 2 nitrogen and oxygen atoms in total. The third kappa shape index (κ3) is 1.20. The summed E-state index contributed by atoms with van der Waals surface area (Å²) in [5.41, 5.74) is 1.71. The number of aryl methyl sites for hydroxylation is 2. The first-order chi connectivity index (χ1) is 5.04. The number of carbonyl (C=O) groups excluding carboxylic acids is 1. The molecule has 1 aromatic heterocycles. The number of rotatable bonds is 1. The molecular formula is C9H12O2. The highest BCUT2D eigenvalue weighted by atomic mass is 16.3. The Bertz CT molecular complexity index is 295. The van der Waals surface area contributed by atoms with Crippen molar-refractivity contribution in [2.24, 2.45) is 0 Å². The van der Waals surface area contributed by atoms with E-state index in [1.165, 1.54) is 0 Å². The standard InChI is InChI=1S/C9H12O2/c1-5-7(3)11-8(4)9(5)6(2)10/h1-4H3. The lowest BCUT2D eigenvalue weighted by Gasteiger charge is -1.91. The number of hydrogen-bond donors (Lipinski definition) is 0. The van der Waals surface area contributed by atoms with E-state index < -0.39 is 0 Å². The maximum absolute atomic E-state index is 11.0. The van der Waals surface area contributed by atoms with Gasteiger partial charge in [0.15, 0.2) is 5.78 Å². The summed E-state index contributed by atoms with van der Waals surface area (Å²) < 4.78 is 5.29. The van der Waals surface area contributed by atoms with Crippen LogP contribution in [0.4, 0.5) is 0 Å². The smallest absolute Gasteiger partial charge is 0.163 e.